The molecule has 1 aromatic carbocycles. The van der Waals surface area contributed by atoms with Crippen LogP contribution >= 0.6 is 33.9 Å². The smallest absolute Gasteiger partial charge is 0.138 e. The average molecular weight is 362 g/mol. The van der Waals surface area contributed by atoms with Crippen LogP contribution < -0.4 is 11.1 Å². The van der Waals surface area contributed by atoms with Crippen LogP contribution in [0, 0.1) is 9.39 Å². The Bertz CT molecular complexity index is 499. The maximum Gasteiger partial charge on any atom is 0.138 e. The molecule has 2 rings (SSSR count). The monoisotopic (exact) mass is 362 g/mol. The fourth-order valence-corrected chi connectivity index (χ4v) is 2.69. The molecule has 0 bridgehead atoms. The molecule has 0 saturated carbocycles. The molecule has 17 heavy (non-hydrogen) atoms. The van der Waals surface area contributed by atoms with Crippen LogP contribution in [-0.4, -0.2) is 6.54 Å². The summed E-state index contributed by atoms with van der Waals surface area (Å²) in [6, 6.07) is 7.21. The molecule has 2 nitrogen and oxygen atoms in total. The summed E-state index contributed by atoms with van der Waals surface area (Å²) in [4.78, 5) is 1.31. The third kappa shape index (κ3) is 3.32. The number of nitrogen functional groups attached to an aromatic ring is 1. The highest BCUT2D eigenvalue weighted by Crippen LogP contribution is 2.24. The Labute approximate surface area is 117 Å². The summed E-state index contributed by atoms with van der Waals surface area (Å²) >= 11 is 3.65. The third-order valence-electron chi connectivity index (χ3n) is 2.36. The molecule has 0 spiro atoms. The van der Waals surface area contributed by atoms with Crippen LogP contribution in [-0.2, 0) is 6.42 Å². The molecule has 90 valence electrons. The van der Waals surface area contributed by atoms with Crippen LogP contribution in [0.25, 0.3) is 0 Å². The predicted molar refractivity (Wildman–Crippen MR) is 80.0 cm³/mol. The van der Waals surface area contributed by atoms with Crippen LogP contribution in [0.15, 0.2) is 29.6 Å². The molecular formula is C12H12FIN2S. The Kier molecular flexibility index (Phi) is 4.22. The molecule has 1 heterocycles. The molecule has 5 heteroatoms. The van der Waals surface area contributed by atoms with E-state index in [9.17, 15) is 4.39 Å². The molecule has 0 fully saturated rings. The molecule has 0 atom stereocenters. The molecule has 0 aliphatic rings. The quantitative estimate of drug-likeness (QED) is 0.643. The van der Waals surface area contributed by atoms with Crippen molar-refractivity contribution in [2.24, 2.45) is 0 Å². The summed E-state index contributed by atoms with van der Waals surface area (Å²) in [6.45, 7) is 0.755. The predicted octanol–water partition coefficient (Wildman–Crippen LogP) is 3.73. The first kappa shape index (κ1) is 12.6. The first-order valence-electron chi connectivity index (χ1n) is 5.17. The highest BCUT2D eigenvalue weighted by molar-refractivity contribution is 14.1. The van der Waals surface area contributed by atoms with Crippen molar-refractivity contribution < 1.29 is 4.39 Å². The van der Waals surface area contributed by atoms with Gasteiger partial charge in [0.1, 0.15) is 5.82 Å². The van der Waals surface area contributed by atoms with E-state index in [1.165, 1.54) is 10.9 Å². The van der Waals surface area contributed by atoms with Gasteiger partial charge in [-0.3, -0.25) is 0 Å². The average Bonchev–Trinajstić information content (AvgIpc) is 2.78. The van der Waals surface area contributed by atoms with Crippen molar-refractivity contribution in [3.8, 4) is 0 Å². The van der Waals surface area contributed by atoms with Crippen molar-refractivity contribution in [2.75, 3.05) is 17.6 Å². The van der Waals surface area contributed by atoms with Crippen molar-refractivity contribution in [2.45, 2.75) is 6.42 Å². The van der Waals surface area contributed by atoms with E-state index < -0.39 is 0 Å². The molecule has 3 N–H and O–H groups in total. The van der Waals surface area contributed by atoms with Crippen LogP contribution in [0.5, 0.6) is 0 Å². The minimum absolute atomic E-state index is 0.238. The lowest BCUT2D eigenvalue weighted by Crippen LogP contribution is -2.07. The topological polar surface area (TPSA) is 38.0 Å². The third-order valence-corrected chi connectivity index (χ3v) is 4.12. The second-order valence-electron chi connectivity index (χ2n) is 3.61. The maximum atomic E-state index is 13.4. The van der Waals surface area contributed by atoms with Gasteiger partial charge in [0.2, 0.25) is 0 Å². The molecule has 1 aromatic heterocycles. The van der Waals surface area contributed by atoms with E-state index >= 15 is 0 Å². The molecule has 0 saturated heterocycles. The van der Waals surface area contributed by atoms with Gasteiger partial charge >= 0.3 is 0 Å². The van der Waals surface area contributed by atoms with E-state index in [0.29, 0.717) is 14.9 Å². The lowest BCUT2D eigenvalue weighted by atomic mass is 10.2. The normalized spacial score (nSPS) is 10.5. The van der Waals surface area contributed by atoms with Crippen LogP contribution in [0.2, 0.25) is 0 Å². The van der Waals surface area contributed by atoms with Crippen LogP contribution in [0.1, 0.15) is 4.88 Å². The van der Waals surface area contributed by atoms with Crippen molar-refractivity contribution >= 4 is 45.3 Å². The van der Waals surface area contributed by atoms with Gasteiger partial charge in [-0.15, -0.1) is 11.3 Å². The second kappa shape index (κ2) is 5.68. The summed E-state index contributed by atoms with van der Waals surface area (Å²) in [5, 5.41) is 5.21. The van der Waals surface area contributed by atoms with E-state index in [-0.39, 0.29) is 5.82 Å². The Morgan fingerprint density at radius 3 is 2.94 bits per heavy atom. The molecule has 0 aliphatic carbocycles. The van der Waals surface area contributed by atoms with E-state index in [1.54, 1.807) is 17.4 Å². The summed E-state index contributed by atoms with van der Waals surface area (Å²) < 4.78 is 13.9. The summed E-state index contributed by atoms with van der Waals surface area (Å²) in [7, 11) is 0. The molecular weight excluding hydrogens is 350 g/mol. The van der Waals surface area contributed by atoms with Gasteiger partial charge in [-0.05, 0) is 46.5 Å². The fraction of sp³-hybridized carbons (Fsp3) is 0.167. The minimum Gasteiger partial charge on any atom is -0.397 e. The zero-order valence-corrected chi connectivity index (χ0v) is 12.0. The number of rotatable bonds is 4. The Hall–Kier alpha value is -0.820. The van der Waals surface area contributed by atoms with E-state index in [4.69, 9.17) is 5.73 Å². The highest BCUT2D eigenvalue weighted by Gasteiger charge is 2.05. The Morgan fingerprint density at radius 1 is 1.41 bits per heavy atom. The molecule has 0 unspecified atom stereocenters. The van der Waals surface area contributed by atoms with Crippen molar-refractivity contribution in [1.29, 1.82) is 0 Å². The number of hydrogen-bond donors (Lipinski definition) is 2. The van der Waals surface area contributed by atoms with E-state index in [2.05, 4.69) is 11.4 Å². The van der Waals surface area contributed by atoms with Crippen molar-refractivity contribution in [3.63, 3.8) is 0 Å². The van der Waals surface area contributed by atoms with Crippen LogP contribution in [0.3, 0.4) is 0 Å². The molecule has 0 aliphatic heterocycles. The largest absolute Gasteiger partial charge is 0.397 e. The SMILES string of the molecule is Nc1cc(I)c(F)cc1NCCc1cccs1. The molecule has 2 aromatic rings. The molecule has 0 amide bonds. The van der Waals surface area contributed by atoms with Gasteiger partial charge in [0.05, 0.1) is 14.9 Å². The first-order chi connectivity index (χ1) is 8.16. The first-order valence-corrected chi connectivity index (χ1v) is 7.13. The number of hydrogen-bond acceptors (Lipinski definition) is 3. The maximum absolute atomic E-state index is 13.4. The van der Waals surface area contributed by atoms with Gasteiger partial charge < -0.3 is 11.1 Å². The lowest BCUT2D eigenvalue weighted by molar-refractivity contribution is 0.621. The Balaban J connectivity index is 1.97. The minimum atomic E-state index is -0.238. The standard InChI is InChI=1S/C12H12FIN2S/c13-9-6-12(11(15)7-10(9)14)16-4-3-8-2-1-5-17-8/h1-2,5-7,16H,3-4,15H2. The number of halogens is 2. The van der Waals surface area contributed by atoms with Gasteiger partial charge in [-0.25, -0.2) is 4.39 Å². The van der Waals surface area contributed by atoms with Gasteiger partial charge in [-0.1, -0.05) is 6.07 Å². The van der Waals surface area contributed by atoms with Gasteiger partial charge in [0.15, 0.2) is 0 Å². The van der Waals surface area contributed by atoms with Gasteiger partial charge in [0, 0.05) is 17.5 Å². The summed E-state index contributed by atoms with van der Waals surface area (Å²) in [5.41, 5.74) is 7.07. The zero-order valence-electron chi connectivity index (χ0n) is 9.04. The van der Waals surface area contributed by atoms with E-state index in [1.807, 2.05) is 34.0 Å². The number of nitrogens with one attached hydrogen (secondary N) is 1. The van der Waals surface area contributed by atoms with Gasteiger partial charge in [0.25, 0.3) is 0 Å². The lowest BCUT2D eigenvalue weighted by Gasteiger charge is -2.09. The number of thiophene rings is 1. The van der Waals surface area contributed by atoms with Gasteiger partial charge in [-0.2, -0.15) is 0 Å². The number of nitrogens with two attached hydrogens (primary N) is 1. The van der Waals surface area contributed by atoms with Crippen LogP contribution in [0.4, 0.5) is 15.8 Å². The fourth-order valence-electron chi connectivity index (χ4n) is 1.49. The second-order valence-corrected chi connectivity index (χ2v) is 5.80. The number of anilines is 2. The number of benzene rings is 1. The summed E-state index contributed by atoms with van der Waals surface area (Å²) in [6.07, 6.45) is 0.921. The summed E-state index contributed by atoms with van der Waals surface area (Å²) in [5.74, 6) is -0.238. The molecule has 0 radical (unpaired) electrons. The van der Waals surface area contributed by atoms with Crippen molar-refractivity contribution in [1.82, 2.24) is 0 Å². The Morgan fingerprint density at radius 2 is 2.24 bits per heavy atom. The highest BCUT2D eigenvalue weighted by atomic mass is 127. The zero-order chi connectivity index (χ0) is 12.3. The van der Waals surface area contributed by atoms with E-state index in [0.717, 1.165) is 13.0 Å². The van der Waals surface area contributed by atoms with Crippen molar-refractivity contribution in [3.05, 3.63) is 43.9 Å².